The third-order valence-electron chi connectivity index (χ3n) is 3.59. The summed E-state index contributed by atoms with van der Waals surface area (Å²) in [5.41, 5.74) is 1.21. The van der Waals surface area contributed by atoms with Crippen LogP contribution in [0.25, 0.3) is 11.3 Å². The molecule has 3 aromatic rings. The fourth-order valence-electron chi connectivity index (χ4n) is 2.27. The van der Waals surface area contributed by atoms with Crippen molar-refractivity contribution in [1.29, 1.82) is 0 Å². The van der Waals surface area contributed by atoms with Crippen LogP contribution >= 0.6 is 11.8 Å². The van der Waals surface area contributed by atoms with Crippen LogP contribution in [0, 0.1) is 0 Å². The van der Waals surface area contributed by atoms with Crippen molar-refractivity contribution >= 4 is 17.7 Å². The molecule has 0 fully saturated rings. The number of aromatic nitrogens is 2. The molecule has 1 N–H and O–H groups in total. The molecule has 3 rings (SSSR count). The molecular formula is C18H17N3O3S. The normalized spacial score (nSPS) is 10.6. The molecule has 0 radical (unpaired) electrons. The Bertz CT molecular complexity index is 902. The average molecular weight is 355 g/mol. The highest BCUT2D eigenvalue weighted by molar-refractivity contribution is 7.98. The van der Waals surface area contributed by atoms with E-state index in [1.165, 1.54) is 6.07 Å². The SMILES string of the molecule is CSc1ccc(-c2ccc(=O)n(CC(=O)NCc3ccco3)n2)cc1. The zero-order chi connectivity index (χ0) is 17.6. The van der Waals surface area contributed by atoms with E-state index in [0.29, 0.717) is 11.5 Å². The Balaban J connectivity index is 1.72. The highest BCUT2D eigenvalue weighted by atomic mass is 32.2. The van der Waals surface area contributed by atoms with Crippen molar-refractivity contribution < 1.29 is 9.21 Å². The molecule has 0 aliphatic carbocycles. The molecule has 7 heteroatoms. The van der Waals surface area contributed by atoms with Gasteiger partial charge in [0, 0.05) is 16.5 Å². The van der Waals surface area contributed by atoms with Gasteiger partial charge in [-0.1, -0.05) is 12.1 Å². The molecule has 1 amide bonds. The summed E-state index contributed by atoms with van der Waals surface area (Å²) in [6, 6.07) is 14.5. The van der Waals surface area contributed by atoms with Crippen LogP contribution in [0.3, 0.4) is 0 Å². The molecule has 0 unspecified atom stereocenters. The summed E-state index contributed by atoms with van der Waals surface area (Å²) in [5, 5.41) is 7.00. The molecule has 0 aliphatic rings. The van der Waals surface area contributed by atoms with Crippen LogP contribution in [0.4, 0.5) is 0 Å². The number of nitrogens with one attached hydrogen (secondary N) is 1. The van der Waals surface area contributed by atoms with E-state index >= 15 is 0 Å². The molecule has 2 heterocycles. The van der Waals surface area contributed by atoms with Gasteiger partial charge in [-0.05, 0) is 36.6 Å². The smallest absolute Gasteiger partial charge is 0.267 e. The highest BCUT2D eigenvalue weighted by Crippen LogP contribution is 2.20. The van der Waals surface area contributed by atoms with Gasteiger partial charge in [-0.25, -0.2) is 4.68 Å². The summed E-state index contributed by atoms with van der Waals surface area (Å²) in [4.78, 5) is 25.2. The minimum atomic E-state index is -0.322. The van der Waals surface area contributed by atoms with Gasteiger partial charge in [0.2, 0.25) is 5.91 Å². The quantitative estimate of drug-likeness (QED) is 0.688. The molecule has 0 saturated carbocycles. The van der Waals surface area contributed by atoms with Crippen LogP contribution in [0.1, 0.15) is 5.76 Å². The van der Waals surface area contributed by atoms with Gasteiger partial charge in [-0.3, -0.25) is 9.59 Å². The lowest BCUT2D eigenvalue weighted by molar-refractivity contribution is -0.122. The topological polar surface area (TPSA) is 77.1 Å². The number of furan rings is 1. The van der Waals surface area contributed by atoms with Crippen LogP contribution in [0.5, 0.6) is 0 Å². The maximum Gasteiger partial charge on any atom is 0.267 e. The summed E-state index contributed by atoms with van der Waals surface area (Å²) in [5.74, 6) is 0.345. The molecule has 25 heavy (non-hydrogen) atoms. The van der Waals surface area contributed by atoms with E-state index in [2.05, 4.69) is 10.4 Å². The van der Waals surface area contributed by atoms with Gasteiger partial charge >= 0.3 is 0 Å². The molecule has 0 saturated heterocycles. The van der Waals surface area contributed by atoms with Crippen LogP contribution in [-0.2, 0) is 17.9 Å². The van der Waals surface area contributed by atoms with E-state index in [1.807, 2.05) is 30.5 Å². The van der Waals surface area contributed by atoms with Gasteiger partial charge in [0.05, 0.1) is 18.5 Å². The second-order valence-electron chi connectivity index (χ2n) is 5.30. The Hall–Kier alpha value is -2.80. The standard InChI is InChI=1S/C18H17N3O3S/c1-25-15-6-4-13(5-7-15)16-8-9-18(23)21(20-16)12-17(22)19-11-14-3-2-10-24-14/h2-10H,11-12H2,1H3,(H,19,22). The number of benzene rings is 1. The van der Waals surface area contributed by atoms with Gasteiger partial charge in [-0.2, -0.15) is 5.10 Å². The van der Waals surface area contributed by atoms with E-state index in [-0.39, 0.29) is 24.6 Å². The number of hydrogen-bond donors (Lipinski definition) is 1. The highest BCUT2D eigenvalue weighted by Gasteiger charge is 2.08. The lowest BCUT2D eigenvalue weighted by Gasteiger charge is -2.08. The lowest BCUT2D eigenvalue weighted by Crippen LogP contribution is -2.33. The Morgan fingerprint density at radius 2 is 2.00 bits per heavy atom. The largest absolute Gasteiger partial charge is 0.467 e. The maximum absolute atomic E-state index is 12.0. The number of thioether (sulfide) groups is 1. The van der Waals surface area contributed by atoms with Crippen molar-refractivity contribution in [2.75, 3.05) is 6.26 Å². The van der Waals surface area contributed by atoms with E-state index in [9.17, 15) is 9.59 Å². The lowest BCUT2D eigenvalue weighted by atomic mass is 10.1. The molecular weight excluding hydrogens is 338 g/mol. The predicted molar refractivity (Wildman–Crippen MR) is 96.3 cm³/mol. The number of amides is 1. The summed E-state index contributed by atoms with van der Waals surface area (Å²) >= 11 is 1.65. The molecule has 2 aromatic heterocycles. The maximum atomic E-state index is 12.0. The molecule has 0 spiro atoms. The Morgan fingerprint density at radius 1 is 1.20 bits per heavy atom. The van der Waals surface area contributed by atoms with E-state index < -0.39 is 0 Å². The zero-order valence-corrected chi connectivity index (χ0v) is 14.5. The number of carbonyl (C=O) groups is 1. The second kappa shape index (κ2) is 7.85. The second-order valence-corrected chi connectivity index (χ2v) is 6.18. The Labute approximate surface area is 148 Å². The minimum absolute atomic E-state index is 0.143. The Kier molecular flexibility index (Phi) is 5.35. The first-order valence-corrected chi connectivity index (χ1v) is 8.90. The van der Waals surface area contributed by atoms with Crippen LogP contribution in [0.15, 0.2) is 68.9 Å². The van der Waals surface area contributed by atoms with Gasteiger partial charge in [0.1, 0.15) is 12.3 Å². The minimum Gasteiger partial charge on any atom is -0.467 e. The Morgan fingerprint density at radius 3 is 2.68 bits per heavy atom. The van der Waals surface area contributed by atoms with Crippen LogP contribution in [0.2, 0.25) is 0 Å². The first kappa shape index (κ1) is 17.0. The van der Waals surface area contributed by atoms with Crippen LogP contribution < -0.4 is 10.9 Å². The molecule has 0 atom stereocenters. The number of carbonyl (C=O) groups excluding carboxylic acids is 1. The number of hydrogen-bond acceptors (Lipinski definition) is 5. The zero-order valence-electron chi connectivity index (χ0n) is 13.6. The van der Waals surface area contributed by atoms with Gasteiger partial charge in [-0.15, -0.1) is 11.8 Å². The molecule has 0 bridgehead atoms. The molecule has 6 nitrogen and oxygen atoms in total. The van der Waals surface area contributed by atoms with E-state index in [1.54, 1.807) is 36.2 Å². The van der Waals surface area contributed by atoms with Gasteiger partial charge in [0.15, 0.2) is 0 Å². The van der Waals surface area contributed by atoms with Crippen molar-refractivity contribution in [3.05, 3.63) is 70.9 Å². The summed E-state index contributed by atoms with van der Waals surface area (Å²) < 4.78 is 6.32. The van der Waals surface area contributed by atoms with Crippen LogP contribution in [-0.4, -0.2) is 21.9 Å². The number of nitrogens with zero attached hydrogens (tertiary/aromatic N) is 2. The van der Waals surface area contributed by atoms with Crippen molar-refractivity contribution in [2.45, 2.75) is 18.0 Å². The molecule has 1 aromatic carbocycles. The fraction of sp³-hybridized carbons (Fsp3) is 0.167. The monoisotopic (exact) mass is 355 g/mol. The van der Waals surface area contributed by atoms with E-state index in [0.717, 1.165) is 15.1 Å². The average Bonchev–Trinajstić information content (AvgIpc) is 3.15. The number of rotatable bonds is 6. The fourth-order valence-corrected chi connectivity index (χ4v) is 2.68. The molecule has 128 valence electrons. The molecule has 0 aliphatic heterocycles. The van der Waals surface area contributed by atoms with Gasteiger partial charge in [0.25, 0.3) is 5.56 Å². The first-order valence-electron chi connectivity index (χ1n) is 7.67. The predicted octanol–water partition coefficient (Wildman–Crippen LogP) is 2.54. The van der Waals surface area contributed by atoms with Crippen molar-refractivity contribution in [3.8, 4) is 11.3 Å². The summed E-state index contributed by atoms with van der Waals surface area (Å²) in [6.45, 7) is 0.132. The van der Waals surface area contributed by atoms with Gasteiger partial charge < -0.3 is 9.73 Å². The van der Waals surface area contributed by atoms with Crippen molar-refractivity contribution in [1.82, 2.24) is 15.1 Å². The third kappa shape index (κ3) is 4.39. The first-order chi connectivity index (χ1) is 12.2. The van der Waals surface area contributed by atoms with Crippen molar-refractivity contribution in [3.63, 3.8) is 0 Å². The van der Waals surface area contributed by atoms with E-state index in [4.69, 9.17) is 4.42 Å². The van der Waals surface area contributed by atoms with Crippen molar-refractivity contribution in [2.24, 2.45) is 0 Å². The summed E-state index contributed by atoms with van der Waals surface area (Å²) in [7, 11) is 0. The third-order valence-corrected chi connectivity index (χ3v) is 4.33. The summed E-state index contributed by atoms with van der Waals surface area (Å²) in [6.07, 6.45) is 3.55.